The summed E-state index contributed by atoms with van der Waals surface area (Å²) in [5, 5.41) is 24.3. The van der Waals surface area contributed by atoms with E-state index in [1.54, 1.807) is 48.5 Å². The maximum absolute atomic E-state index is 14.6. The molecule has 284 valence electrons. The average molecular weight is 770 g/mol. The van der Waals surface area contributed by atoms with Crippen LogP contribution in [0, 0.1) is 11.6 Å². The number of carbonyl (C=O) groups is 2. The molecule has 0 atom stereocenters. The molecule has 0 radical (unpaired) electrons. The maximum atomic E-state index is 14.6. The Kier molecular flexibility index (Phi) is 9.99. The Morgan fingerprint density at radius 3 is 1.73 bits per heavy atom. The van der Waals surface area contributed by atoms with Crippen molar-refractivity contribution in [3.63, 3.8) is 0 Å². The molecule has 3 N–H and O–H groups in total. The average Bonchev–Trinajstić information content (AvgIpc) is 3.63. The van der Waals surface area contributed by atoms with Crippen molar-refractivity contribution in [2.75, 3.05) is 6.54 Å². The highest BCUT2D eigenvalue weighted by molar-refractivity contribution is 5.95. The first-order valence-corrected chi connectivity index (χ1v) is 16.9. The van der Waals surface area contributed by atoms with E-state index in [1.807, 2.05) is 0 Å². The number of amides is 1. The Balaban J connectivity index is 0.000000189. The molecule has 1 amide bonds. The molecule has 12 nitrogen and oxygen atoms in total. The molecule has 0 saturated heterocycles. The van der Waals surface area contributed by atoms with Crippen LogP contribution in [0.5, 0.6) is 0 Å². The molecule has 0 aliphatic carbocycles. The molecule has 0 spiro atoms. The van der Waals surface area contributed by atoms with Gasteiger partial charge in [-0.1, -0.05) is 48.5 Å². The standard InChI is InChI=1S/C23H17F4N5O2.C16H11FN2O3/c24-17-6-5-13(10-18-14-3-1-2-4-15(14)21(33)30-29-18)9-16(17)22(34)32-8-7-31-11-19(23(25,26)27)28-20(31)12-32;17-13-6-5-9(7-12(13)16(21)22)8-14-10-3-1-2-4-11(10)15(20)19-18-14/h1-6,9,11H,7-8,10,12H2,(H,30,33);1-7H,8H2,(H,19,20)(H,21,22). The van der Waals surface area contributed by atoms with Crippen LogP contribution in [-0.2, 0) is 32.1 Å². The van der Waals surface area contributed by atoms with Gasteiger partial charge in [0.25, 0.3) is 17.0 Å². The number of carboxylic acid groups (broad SMARTS) is 1. The van der Waals surface area contributed by atoms with Gasteiger partial charge in [0.2, 0.25) is 0 Å². The van der Waals surface area contributed by atoms with Crippen molar-refractivity contribution in [1.29, 1.82) is 0 Å². The number of H-pyrrole nitrogens is 2. The van der Waals surface area contributed by atoms with E-state index >= 15 is 0 Å². The molecule has 56 heavy (non-hydrogen) atoms. The molecule has 3 aromatic heterocycles. The van der Waals surface area contributed by atoms with Crippen molar-refractivity contribution in [3.05, 3.63) is 169 Å². The SMILES string of the molecule is O=C(O)c1cc(Cc2n[nH]c(=O)c3ccccc23)ccc1F.O=C(c1cc(Cc2n[nH]c(=O)c3ccccc23)ccc1F)N1CCn2cc(C(F)(F)F)nc2C1. The van der Waals surface area contributed by atoms with Gasteiger partial charge in [0.15, 0.2) is 5.69 Å². The highest BCUT2D eigenvalue weighted by atomic mass is 19.4. The van der Waals surface area contributed by atoms with E-state index in [9.17, 15) is 41.1 Å². The predicted octanol–water partition coefficient (Wildman–Crippen LogP) is 5.88. The Labute approximate surface area is 311 Å². The van der Waals surface area contributed by atoms with Gasteiger partial charge in [0, 0.05) is 42.9 Å². The van der Waals surface area contributed by atoms with Crippen LogP contribution in [0.1, 0.15) is 54.7 Å². The van der Waals surface area contributed by atoms with Gasteiger partial charge in [-0.3, -0.25) is 14.4 Å². The summed E-state index contributed by atoms with van der Waals surface area (Å²) in [6.45, 7) is 0.0821. The first-order valence-electron chi connectivity index (χ1n) is 16.9. The Morgan fingerprint density at radius 2 is 1.21 bits per heavy atom. The van der Waals surface area contributed by atoms with Crippen LogP contribution in [0.25, 0.3) is 21.5 Å². The number of aromatic nitrogens is 6. The second-order valence-electron chi connectivity index (χ2n) is 12.8. The van der Waals surface area contributed by atoms with Crippen LogP contribution < -0.4 is 11.1 Å². The smallest absolute Gasteiger partial charge is 0.434 e. The third kappa shape index (κ3) is 7.64. The number of hydrogen-bond acceptors (Lipinski definition) is 7. The lowest BCUT2D eigenvalue weighted by Gasteiger charge is -2.28. The lowest BCUT2D eigenvalue weighted by Crippen LogP contribution is -2.38. The number of nitrogens with one attached hydrogen (secondary N) is 2. The molecule has 17 heteroatoms. The summed E-state index contributed by atoms with van der Waals surface area (Å²) in [5.41, 5.74) is 0.129. The van der Waals surface area contributed by atoms with Gasteiger partial charge in [0.05, 0.1) is 39.8 Å². The number of nitrogens with zero attached hydrogens (tertiary/aromatic N) is 5. The molecular weight excluding hydrogens is 741 g/mol. The topological polar surface area (TPSA) is 167 Å². The van der Waals surface area contributed by atoms with Gasteiger partial charge < -0.3 is 14.6 Å². The number of rotatable bonds is 6. The Morgan fingerprint density at radius 1 is 0.714 bits per heavy atom. The van der Waals surface area contributed by atoms with E-state index in [2.05, 4.69) is 25.4 Å². The molecule has 4 heterocycles. The van der Waals surface area contributed by atoms with Crippen LogP contribution in [0.4, 0.5) is 22.0 Å². The molecule has 0 unspecified atom stereocenters. The number of hydrogen-bond donors (Lipinski definition) is 3. The third-order valence-electron chi connectivity index (χ3n) is 9.20. The van der Waals surface area contributed by atoms with Crippen LogP contribution in [-0.4, -0.2) is 58.4 Å². The zero-order valence-corrected chi connectivity index (χ0v) is 28.9. The fourth-order valence-electron chi connectivity index (χ4n) is 6.42. The van der Waals surface area contributed by atoms with Gasteiger partial charge in [-0.2, -0.15) is 23.4 Å². The molecule has 8 rings (SSSR count). The van der Waals surface area contributed by atoms with Crippen molar-refractivity contribution in [3.8, 4) is 0 Å². The normalized spacial score (nSPS) is 12.6. The lowest BCUT2D eigenvalue weighted by atomic mass is 10.0. The Bertz CT molecular complexity index is 2780. The minimum absolute atomic E-state index is 0.0902. The van der Waals surface area contributed by atoms with Crippen LogP contribution in [0.2, 0.25) is 0 Å². The second-order valence-corrected chi connectivity index (χ2v) is 12.8. The third-order valence-corrected chi connectivity index (χ3v) is 9.20. The quantitative estimate of drug-likeness (QED) is 0.177. The minimum Gasteiger partial charge on any atom is -0.478 e. The summed E-state index contributed by atoms with van der Waals surface area (Å²) in [7, 11) is 0. The number of aromatic amines is 2. The first kappa shape index (κ1) is 37.3. The van der Waals surface area contributed by atoms with Crippen molar-refractivity contribution in [1.82, 2.24) is 34.8 Å². The molecule has 4 aromatic carbocycles. The van der Waals surface area contributed by atoms with Gasteiger partial charge in [-0.15, -0.1) is 0 Å². The molecule has 0 saturated carbocycles. The first-order chi connectivity index (χ1) is 26.8. The van der Waals surface area contributed by atoms with E-state index in [1.165, 1.54) is 39.8 Å². The summed E-state index contributed by atoms with van der Waals surface area (Å²) in [4.78, 5) is 52.6. The summed E-state index contributed by atoms with van der Waals surface area (Å²) < 4.78 is 68.3. The highest BCUT2D eigenvalue weighted by Gasteiger charge is 2.36. The van der Waals surface area contributed by atoms with E-state index < -0.39 is 35.4 Å². The van der Waals surface area contributed by atoms with Crippen molar-refractivity contribution < 1.29 is 36.6 Å². The number of alkyl halides is 3. The van der Waals surface area contributed by atoms with Crippen LogP contribution in [0.15, 0.2) is 101 Å². The van der Waals surface area contributed by atoms with Crippen LogP contribution >= 0.6 is 0 Å². The largest absolute Gasteiger partial charge is 0.478 e. The summed E-state index contributed by atoms with van der Waals surface area (Å²) >= 11 is 0. The number of carboxylic acids is 1. The van der Waals surface area contributed by atoms with Gasteiger partial charge >= 0.3 is 12.1 Å². The fourth-order valence-corrected chi connectivity index (χ4v) is 6.42. The zero-order chi connectivity index (χ0) is 39.7. The van der Waals surface area contributed by atoms with Gasteiger partial charge in [0.1, 0.15) is 17.5 Å². The van der Waals surface area contributed by atoms with Gasteiger partial charge in [-0.05, 0) is 47.5 Å². The molecule has 1 aliphatic heterocycles. The van der Waals surface area contributed by atoms with E-state index in [0.29, 0.717) is 44.1 Å². The maximum Gasteiger partial charge on any atom is 0.434 e. The molecule has 1 aliphatic rings. The van der Waals surface area contributed by atoms with Crippen molar-refractivity contribution in [2.24, 2.45) is 0 Å². The van der Waals surface area contributed by atoms with Gasteiger partial charge in [-0.25, -0.2) is 28.8 Å². The van der Waals surface area contributed by atoms with E-state index in [4.69, 9.17) is 5.11 Å². The highest BCUT2D eigenvalue weighted by Crippen LogP contribution is 2.30. The Hall–Kier alpha value is -7.04. The fraction of sp³-hybridized carbons (Fsp3) is 0.154. The molecule has 7 aromatic rings. The van der Waals surface area contributed by atoms with Crippen molar-refractivity contribution >= 4 is 33.4 Å². The van der Waals surface area contributed by atoms with Crippen LogP contribution in [0.3, 0.4) is 0 Å². The van der Waals surface area contributed by atoms with Crippen molar-refractivity contribution in [2.45, 2.75) is 32.1 Å². The number of fused-ring (bicyclic) bond motifs is 3. The number of carbonyl (C=O) groups excluding carboxylic acids is 1. The second kappa shape index (κ2) is 15.0. The predicted molar refractivity (Wildman–Crippen MR) is 192 cm³/mol. The summed E-state index contributed by atoms with van der Waals surface area (Å²) in [6.07, 6.45) is -3.14. The molecule has 0 bridgehead atoms. The number of imidazole rings is 1. The lowest BCUT2D eigenvalue weighted by molar-refractivity contribution is -0.141. The number of aromatic carboxylic acids is 1. The number of halogens is 5. The van der Waals surface area contributed by atoms with E-state index in [0.717, 1.165) is 12.3 Å². The number of benzene rings is 4. The molecular formula is C39H28F5N7O5. The summed E-state index contributed by atoms with van der Waals surface area (Å²) in [6, 6.07) is 21.9. The zero-order valence-electron chi connectivity index (χ0n) is 28.9. The van der Waals surface area contributed by atoms with E-state index in [-0.39, 0.29) is 60.5 Å². The summed E-state index contributed by atoms with van der Waals surface area (Å²) in [5.74, 6) is -3.39. The minimum atomic E-state index is -4.58. The molecule has 0 fully saturated rings. The monoisotopic (exact) mass is 769 g/mol.